The number of carbonyl (C=O) groups is 1. The van der Waals surface area contributed by atoms with E-state index < -0.39 is 0 Å². The highest BCUT2D eigenvalue weighted by Crippen LogP contribution is 2.23. The summed E-state index contributed by atoms with van der Waals surface area (Å²) >= 11 is 6.10. The first kappa shape index (κ1) is 13.1. The molecule has 3 nitrogen and oxygen atoms in total. The predicted octanol–water partition coefficient (Wildman–Crippen LogP) is 2.30. The van der Waals surface area contributed by atoms with Crippen molar-refractivity contribution < 1.29 is 4.79 Å². The zero-order valence-corrected chi connectivity index (χ0v) is 11.2. The van der Waals surface area contributed by atoms with E-state index in [9.17, 15) is 4.79 Å². The number of amides is 1. The van der Waals surface area contributed by atoms with E-state index in [4.69, 9.17) is 17.3 Å². The van der Waals surface area contributed by atoms with E-state index in [-0.39, 0.29) is 11.9 Å². The van der Waals surface area contributed by atoms with Crippen LogP contribution in [0.1, 0.15) is 18.9 Å². The molecule has 0 unspecified atom stereocenters. The molecule has 1 saturated heterocycles. The predicted molar refractivity (Wildman–Crippen MR) is 74.3 cm³/mol. The van der Waals surface area contributed by atoms with Crippen LogP contribution in [0.25, 0.3) is 5.57 Å². The molecule has 0 spiro atoms. The summed E-state index contributed by atoms with van der Waals surface area (Å²) in [5.41, 5.74) is 7.57. The van der Waals surface area contributed by atoms with Gasteiger partial charge in [-0.1, -0.05) is 29.8 Å². The van der Waals surface area contributed by atoms with Gasteiger partial charge in [-0.25, -0.2) is 0 Å². The number of nitrogens with zero attached hydrogens (tertiary/aromatic N) is 1. The molecule has 1 aliphatic heterocycles. The van der Waals surface area contributed by atoms with Crippen molar-refractivity contribution in [3.05, 3.63) is 40.9 Å². The van der Waals surface area contributed by atoms with Crippen molar-refractivity contribution in [1.29, 1.82) is 0 Å². The van der Waals surface area contributed by atoms with Gasteiger partial charge in [0.15, 0.2) is 0 Å². The smallest absolute Gasteiger partial charge is 0.246 e. The van der Waals surface area contributed by atoms with Crippen LogP contribution in [0.5, 0.6) is 0 Å². The van der Waals surface area contributed by atoms with E-state index in [2.05, 4.69) is 0 Å². The Balaban J connectivity index is 2.13. The minimum atomic E-state index is 0.0142. The van der Waals surface area contributed by atoms with E-state index >= 15 is 0 Å². The highest BCUT2D eigenvalue weighted by molar-refractivity contribution is 6.32. The topological polar surface area (TPSA) is 46.3 Å². The number of halogens is 1. The van der Waals surface area contributed by atoms with Crippen molar-refractivity contribution in [1.82, 2.24) is 4.90 Å². The summed E-state index contributed by atoms with van der Waals surface area (Å²) in [6.07, 6.45) is 2.52. The van der Waals surface area contributed by atoms with Gasteiger partial charge in [0.05, 0.1) is 0 Å². The van der Waals surface area contributed by atoms with Crippen LogP contribution in [-0.2, 0) is 4.79 Å². The summed E-state index contributed by atoms with van der Waals surface area (Å²) < 4.78 is 0. The Kier molecular flexibility index (Phi) is 4.04. The molecule has 18 heavy (non-hydrogen) atoms. The number of rotatable bonds is 2. The van der Waals surface area contributed by atoms with E-state index in [1.165, 1.54) is 0 Å². The molecule has 1 aliphatic rings. The maximum Gasteiger partial charge on any atom is 0.246 e. The molecule has 0 saturated carbocycles. The molecule has 1 aromatic rings. The summed E-state index contributed by atoms with van der Waals surface area (Å²) in [6.45, 7) is 3.28. The lowest BCUT2D eigenvalue weighted by Crippen LogP contribution is -2.30. The van der Waals surface area contributed by atoms with E-state index in [1.807, 2.05) is 31.2 Å². The van der Waals surface area contributed by atoms with Gasteiger partial charge in [-0.2, -0.15) is 0 Å². The fraction of sp³-hybridized carbons (Fsp3) is 0.357. The van der Waals surface area contributed by atoms with Crippen LogP contribution in [0.3, 0.4) is 0 Å². The summed E-state index contributed by atoms with van der Waals surface area (Å²) in [4.78, 5) is 13.8. The molecule has 0 aliphatic carbocycles. The summed E-state index contributed by atoms with van der Waals surface area (Å²) in [5.74, 6) is 0.0142. The van der Waals surface area contributed by atoms with Gasteiger partial charge in [-0.3, -0.25) is 4.79 Å². The molecule has 1 heterocycles. The molecule has 1 amide bonds. The lowest BCUT2D eigenvalue weighted by atomic mass is 10.1. The third kappa shape index (κ3) is 2.92. The molecule has 1 fully saturated rings. The average molecular weight is 265 g/mol. The van der Waals surface area contributed by atoms with Crippen molar-refractivity contribution in [2.24, 2.45) is 5.73 Å². The average Bonchev–Trinajstić information content (AvgIpc) is 2.76. The van der Waals surface area contributed by atoms with Crippen LogP contribution < -0.4 is 5.73 Å². The molecule has 96 valence electrons. The molecule has 0 bridgehead atoms. The van der Waals surface area contributed by atoms with Crippen molar-refractivity contribution in [2.75, 3.05) is 13.1 Å². The number of hydrogen-bond donors (Lipinski definition) is 1. The van der Waals surface area contributed by atoms with Gasteiger partial charge in [-0.05, 0) is 30.5 Å². The standard InChI is InChI=1S/C14H17ClN2O/c1-10(12-4-2-3-5-13(12)15)8-14(18)17-7-6-11(16)9-17/h2-5,8,11H,6-7,9,16H2,1H3/t11-/m0/s1. The molecule has 2 N–H and O–H groups in total. The van der Waals surface area contributed by atoms with E-state index in [0.29, 0.717) is 11.6 Å². The van der Waals surface area contributed by atoms with Crippen molar-refractivity contribution in [2.45, 2.75) is 19.4 Å². The zero-order chi connectivity index (χ0) is 13.1. The Hall–Kier alpha value is -1.32. The largest absolute Gasteiger partial charge is 0.338 e. The monoisotopic (exact) mass is 264 g/mol. The Morgan fingerprint density at radius 1 is 1.50 bits per heavy atom. The third-order valence-corrected chi connectivity index (χ3v) is 3.50. The van der Waals surface area contributed by atoms with Crippen molar-refractivity contribution in [3.8, 4) is 0 Å². The molecular weight excluding hydrogens is 248 g/mol. The Bertz CT molecular complexity index is 484. The van der Waals surface area contributed by atoms with Gasteiger partial charge in [0.1, 0.15) is 0 Å². The second-order valence-corrected chi connectivity index (χ2v) is 5.05. The molecule has 1 aromatic carbocycles. The zero-order valence-electron chi connectivity index (χ0n) is 10.4. The molecule has 2 rings (SSSR count). The highest BCUT2D eigenvalue weighted by atomic mass is 35.5. The maximum atomic E-state index is 12.0. The van der Waals surface area contributed by atoms with Crippen LogP contribution in [0.2, 0.25) is 5.02 Å². The maximum absolute atomic E-state index is 12.0. The molecular formula is C14H17ClN2O. The van der Waals surface area contributed by atoms with Crippen LogP contribution in [-0.4, -0.2) is 29.9 Å². The lowest BCUT2D eigenvalue weighted by molar-refractivity contribution is -0.125. The van der Waals surface area contributed by atoms with Crippen LogP contribution >= 0.6 is 11.6 Å². The Morgan fingerprint density at radius 2 is 2.22 bits per heavy atom. The Morgan fingerprint density at radius 3 is 2.83 bits per heavy atom. The second kappa shape index (κ2) is 5.55. The first-order chi connectivity index (χ1) is 8.58. The lowest BCUT2D eigenvalue weighted by Gasteiger charge is -2.14. The number of likely N-dealkylation sites (tertiary alicyclic amines) is 1. The first-order valence-electron chi connectivity index (χ1n) is 6.05. The number of benzene rings is 1. The molecule has 4 heteroatoms. The van der Waals surface area contributed by atoms with Gasteiger partial charge in [0.2, 0.25) is 5.91 Å². The number of carbonyl (C=O) groups excluding carboxylic acids is 1. The van der Waals surface area contributed by atoms with Gasteiger partial charge in [0, 0.05) is 30.2 Å². The fourth-order valence-electron chi connectivity index (χ4n) is 2.12. The summed E-state index contributed by atoms with van der Waals surface area (Å²) in [6, 6.07) is 7.64. The van der Waals surface area contributed by atoms with Gasteiger partial charge >= 0.3 is 0 Å². The second-order valence-electron chi connectivity index (χ2n) is 4.64. The minimum Gasteiger partial charge on any atom is -0.338 e. The van der Waals surface area contributed by atoms with Gasteiger partial charge < -0.3 is 10.6 Å². The number of allylic oxidation sites excluding steroid dienone is 1. The molecule has 0 radical (unpaired) electrons. The van der Waals surface area contributed by atoms with E-state index in [1.54, 1.807) is 11.0 Å². The van der Waals surface area contributed by atoms with Gasteiger partial charge in [-0.15, -0.1) is 0 Å². The minimum absolute atomic E-state index is 0.0142. The number of nitrogens with two attached hydrogens (primary N) is 1. The summed E-state index contributed by atoms with van der Waals surface area (Å²) in [5, 5.41) is 0.664. The normalized spacial score (nSPS) is 20.3. The van der Waals surface area contributed by atoms with Gasteiger partial charge in [0.25, 0.3) is 0 Å². The quantitative estimate of drug-likeness (QED) is 0.834. The molecule has 0 aromatic heterocycles. The highest BCUT2D eigenvalue weighted by Gasteiger charge is 2.22. The van der Waals surface area contributed by atoms with Crippen LogP contribution in [0.4, 0.5) is 0 Å². The Labute approximate surface area is 112 Å². The summed E-state index contributed by atoms with van der Waals surface area (Å²) in [7, 11) is 0. The molecule has 1 atom stereocenters. The SMILES string of the molecule is CC(=CC(=O)N1CC[C@H](N)C1)c1ccccc1Cl. The fourth-order valence-corrected chi connectivity index (χ4v) is 2.41. The number of hydrogen-bond acceptors (Lipinski definition) is 2. The van der Waals surface area contributed by atoms with Crippen molar-refractivity contribution in [3.63, 3.8) is 0 Å². The van der Waals surface area contributed by atoms with Crippen molar-refractivity contribution >= 4 is 23.1 Å². The first-order valence-corrected chi connectivity index (χ1v) is 6.43. The third-order valence-electron chi connectivity index (χ3n) is 3.18. The van der Waals surface area contributed by atoms with Crippen LogP contribution in [0, 0.1) is 0 Å². The van der Waals surface area contributed by atoms with E-state index in [0.717, 1.165) is 24.1 Å². The van der Waals surface area contributed by atoms with Crippen LogP contribution in [0.15, 0.2) is 30.3 Å².